The first-order valence-electron chi connectivity index (χ1n) is 7.67. The van der Waals surface area contributed by atoms with Crippen LogP contribution in [0.15, 0.2) is 54.6 Å². The number of hydrogen-bond acceptors (Lipinski definition) is 3. The average Bonchev–Trinajstić information content (AvgIpc) is 2.77. The summed E-state index contributed by atoms with van der Waals surface area (Å²) in [5, 5.41) is 6.39. The lowest BCUT2D eigenvalue weighted by atomic mass is 10.1. The van der Waals surface area contributed by atoms with Gasteiger partial charge in [-0.15, -0.1) is 0 Å². The lowest BCUT2D eigenvalue weighted by Gasteiger charge is -2.30. The SMILES string of the molecule is CC(C(=O)Nc1ccccc1)N1CCNCc2ccccc21. The summed E-state index contributed by atoms with van der Waals surface area (Å²) < 4.78 is 0. The molecule has 1 amide bonds. The molecule has 0 saturated heterocycles. The second-order valence-electron chi connectivity index (χ2n) is 5.53. The van der Waals surface area contributed by atoms with Gasteiger partial charge in [-0.1, -0.05) is 36.4 Å². The maximum absolute atomic E-state index is 12.6. The standard InChI is InChI=1S/C18H21N3O/c1-14(18(22)20-16-8-3-2-4-9-16)21-12-11-19-13-15-7-5-6-10-17(15)21/h2-10,14,19H,11-13H2,1H3,(H,20,22). The Labute approximate surface area is 131 Å². The summed E-state index contributed by atoms with van der Waals surface area (Å²) in [6.07, 6.45) is 0. The molecule has 114 valence electrons. The fourth-order valence-electron chi connectivity index (χ4n) is 2.80. The van der Waals surface area contributed by atoms with Crippen molar-refractivity contribution in [2.75, 3.05) is 23.3 Å². The molecule has 1 atom stereocenters. The van der Waals surface area contributed by atoms with E-state index in [1.54, 1.807) is 0 Å². The van der Waals surface area contributed by atoms with E-state index in [9.17, 15) is 4.79 Å². The summed E-state index contributed by atoms with van der Waals surface area (Å²) in [6, 6.07) is 17.6. The van der Waals surface area contributed by atoms with E-state index in [1.807, 2.05) is 49.4 Å². The molecule has 3 rings (SSSR count). The first-order valence-corrected chi connectivity index (χ1v) is 7.67. The Bertz CT molecular complexity index is 642. The highest BCUT2D eigenvalue weighted by Crippen LogP contribution is 2.24. The van der Waals surface area contributed by atoms with Gasteiger partial charge in [0.15, 0.2) is 0 Å². The molecule has 2 aromatic rings. The van der Waals surface area contributed by atoms with Gasteiger partial charge in [0, 0.05) is 31.0 Å². The monoisotopic (exact) mass is 295 g/mol. The normalized spacial score (nSPS) is 15.6. The van der Waals surface area contributed by atoms with Gasteiger partial charge in [-0.3, -0.25) is 4.79 Å². The predicted octanol–water partition coefficient (Wildman–Crippen LogP) is 2.62. The number of hydrogen-bond donors (Lipinski definition) is 2. The van der Waals surface area contributed by atoms with Crippen molar-refractivity contribution in [1.82, 2.24) is 5.32 Å². The van der Waals surface area contributed by atoms with Crippen LogP contribution in [0.25, 0.3) is 0 Å². The van der Waals surface area contributed by atoms with Crippen molar-refractivity contribution in [3.8, 4) is 0 Å². The van der Waals surface area contributed by atoms with Crippen molar-refractivity contribution in [2.24, 2.45) is 0 Å². The first kappa shape index (κ1) is 14.6. The Balaban J connectivity index is 1.79. The number of carbonyl (C=O) groups is 1. The summed E-state index contributed by atoms with van der Waals surface area (Å²) >= 11 is 0. The fourth-order valence-corrected chi connectivity index (χ4v) is 2.80. The lowest BCUT2D eigenvalue weighted by Crippen LogP contribution is -2.44. The highest BCUT2D eigenvalue weighted by Gasteiger charge is 2.24. The van der Waals surface area contributed by atoms with Crippen molar-refractivity contribution < 1.29 is 4.79 Å². The maximum atomic E-state index is 12.6. The molecule has 2 N–H and O–H groups in total. The molecule has 0 bridgehead atoms. The van der Waals surface area contributed by atoms with Crippen LogP contribution in [0.3, 0.4) is 0 Å². The predicted molar refractivity (Wildman–Crippen MR) is 90.0 cm³/mol. The van der Waals surface area contributed by atoms with Gasteiger partial charge in [0.25, 0.3) is 0 Å². The largest absolute Gasteiger partial charge is 0.358 e. The second kappa shape index (κ2) is 6.62. The van der Waals surface area contributed by atoms with E-state index in [-0.39, 0.29) is 11.9 Å². The molecule has 1 aliphatic rings. The molecule has 1 aliphatic heterocycles. The highest BCUT2D eigenvalue weighted by atomic mass is 16.2. The summed E-state index contributed by atoms with van der Waals surface area (Å²) in [5.41, 5.74) is 3.21. The Kier molecular flexibility index (Phi) is 4.39. The van der Waals surface area contributed by atoms with Crippen LogP contribution in [-0.4, -0.2) is 25.0 Å². The van der Waals surface area contributed by atoms with Gasteiger partial charge in [-0.25, -0.2) is 0 Å². The molecule has 1 unspecified atom stereocenters. The van der Waals surface area contributed by atoms with Gasteiger partial charge in [0.2, 0.25) is 5.91 Å². The van der Waals surface area contributed by atoms with E-state index >= 15 is 0 Å². The highest BCUT2D eigenvalue weighted by molar-refractivity contribution is 5.96. The minimum Gasteiger partial charge on any atom is -0.358 e. The second-order valence-corrected chi connectivity index (χ2v) is 5.53. The zero-order valence-corrected chi connectivity index (χ0v) is 12.8. The molecule has 1 heterocycles. The van der Waals surface area contributed by atoms with Crippen LogP contribution in [0.5, 0.6) is 0 Å². The van der Waals surface area contributed by atoms with Crippen LogP contribution in [0, 0.1) is 0 Å². The van der Waals surface area contributed by atoms with Gasteiger partial charge in [0.1, 0.15) is 6.04 Å². The number of nitrogens with one attached hydrogen (secondary N) is 2. The van der Waals surface area contributed by atoms with E-state index in [2.05, 4.69) is 27.7 Å². The van der Waals surface area contributed by atoms with Crippen molar-refractivity contribution in [1.29, 1.82) is 0 Å². The Morgan fingerprint density at radius 2 is 1.86 bits per heavy atom. The minimum atomic E-state index is -0.221. The molecule has 0 aromatic heterocycles. The molecule has 0 fully saturated rings. The fraction of sp³-hybridized carbons (Fsp3) is 0.278. The zero-order chi connectivity index (χ0) is 15.4. The molecule has 0 spiro atoms. The van der Waals surface area contributed by atoms with Crippen LogP contribution in [0.4, 0.5) is 11.4 Å². The molecule has 0 radical (unpaired) electrons. The number of anilines is 2. The van der Waals surface area contributed by atoms with E-state index < -0.39 is 0 Å². The van der Waals surface area contributed by atoms with Gasteiger partial charge >= 0.3 is 0 Å². The van der Waals surface area contributed by atoms with E-state index in [1.165, 1.54) is 5.56 Å². The number of carbonyl (C=O) groups excluding carboxylic acids is 1. The van der Waals surface area contributed by atoms with E-state index in [0.717, 1.165) is 31.0 Å². The molecule has 0 saturated carbocycles. The number of benzene rings is 2. The third-order valence-corrected chi connectivity index (χ3v) is 4.03. The third-order valence-electron chi connectivity index (χ3n) is 4.03. The number of amides is 1. The van der Waals surface area contributed by atoms with Crippen molar-refractivity contribution in [3.05, 3.63) is 60.2 Å². The molecule has 4 nitrogen and oxygen atoms in total. The Hall–Kier alpha value is -2.33. The van der Waals surface area contributed by atoms with Gasteiger partial charge in [-0.05, 0) is 30.7 Å². The summed E-state index contributed by atoms with van der Waals surface area (Å²) in [4.78, 5) is 14.7. The topological polar surface area (TPSA) is 44.4 Å². The molecule has 22 heavy (non-hydrogen) atoms. The van der Waals surface area contributed by atoms with Crippen molar-refractivity contribution >= 4 is 17.3 Å². The van der Waals surface area contributed by atoms with E-state index in [4.69, 9.17) is 0 Å². The van der Waals surface area contributed by atoms with E-state index in [0.29, 0.717) is 0 Å². The van der Waals surface area contributed by atoms with Crippen molar-refractivity contribution in [3.63, 3.8) is 0 Å². The summed E-state index contributed by atoms with van der Waals surface area (Å²) in [6.45, 7) is 4.50. The van der Waals surface area contributed by atoms with Crippen LogP contribution < -0.4 is 15.5 Å². The maximum Gasteiger partial charge on any atom is 0.246 e. The number of fused-ring (bicyclic) bond motifs is 1. The first-order chi connectivity index (χ1) is 10.8. The number of nitrogens with zero attached hydrogens (tertiary/aromatic N) is 1. The average molecular weight is 295 g/mol. The van der Waals surface area contributed by atoms with Crippen LogP contribution in [-0.2, 0) is 11.3 Å². The Morgan fingerprint density at radius 1 is 1.14 bits per heavy atom. The molecule has 4 heteroatoms. The Morgan fingerprint density at radius 3 is 2.68 bits per heavy atom. The van der Waals surface area contributed by atoms with Gasteiger partial charge < -0.3 is 15.5 Å². The van der Waals surface area contributed by atoms with Crippen molar-refractivity contribution in [2.45, 2.75) is 19.5 Å². The lowest BCUT2D eigenvalue weighted by molar-refractivity contribution is -0.117. The molecule has 2 aromatic carbocycles. The minimum absolute atomic E-state index is 0.0166. The van der Waals surface area contributed by atoms with Gasteiger partial charge in [0.05, 0.1) is 0 Å². The van der Waals surface area contributed by atoms with Crippen LogP contribution in [0.2, 0.25) is 0 Å². The number of para-hydroxylation sites is 2. The molecule has 0 aliphatic carbocycles. The van der Waals surface area contributed by atoms with Gasteiger partial charge in [-0.2, -0.15) is 0 Å². The zero-order valence-electron chi connectivity index (χ0n) is 12.8. The summed E-state index contributed by atoms with van der Waals surface area (Å²) in [7, 11) is 0. The quantitative estimate of drug-likeness (QED) is 0.915. The van der Waals surface area contributed by atoms with Crippen LogP contribution in [0.1, 0.15) is 12.5 Å². The smallest absolute Gasteiger partial charge is 0.246 e. The molecular formula is C18H21N3O. The van der Waals surface area contributed by atoms with Crippen LogP contribution >= 0.6 is 0 Å². The third kappa shape index (κ3) is 3.12. The summed E-state index contributed by atoms with van der Waals surface area (Å²) in [5.74, 6) is 0.0166. The number of rotatable bonds is 3. The molecular weight excluding hydrogens is 274 g/mol.